The summed E-state index contributed by atoms with van der Waals surface area (Å²) >= 11 is 0. The quantitative estimate of drug-likeness (QED) is 0.784. The highest BCUT2D eigenvalue weighted by Crippen LogP contribution is 2.41. The zero-order valence-corrected chi connectivity index (χ0v) is 14.9. The number of methoxy groups -OCH3 is 1. The van der Waals surface area contributed by atoms with Crippen molar-refractivity contribution < 1.29 is 14.3 Å². The van der Waals surface area contributed by atoms with Crippen molar-refractivity contribution in [1.29, 1.82) is 0 Å². The molecule has 1 atom stereocenters. The molecule has 0 bridgehead atoms. The predicted octanol–water partition coefficient (Wildman–Crippen LogP) is 0.472. The number of nitrogens with zero attached hydrogens (tertiary/aromatic N) is 3. The molecule has 3 heterocycles. The van der Waals surface area contributed by atoms with Gasteiger partial charge in [-0.05, 0) is 31.7 Å². The van der Waals surface area contributed by atoms with Crippen LogP contribution in [-0.2, 0) is 27.9 Å². The number of amides is 1. The molecule has 2 saturated heterocycles. The fourth-order valence-electron chi connectivity index (χ4n) is 3.97. The summed E-state index contributed by atoms with van der Waals surface area (Å²) in [6, 6.07) is 2.14. The third-order valence-corrected chi connectivity index (χ3v) is 5.16. The Morgan fingerprint density at radius 3 is 3.00 bits per heavy atom. The second kappa shape index (κ2) is 7.21. The maximum atomic E-state index is 11.5. The minimum absolute atomic E-state index is 0.0143. The maximum absolute atomic E-state index is 11.5. The lowest BCUT2D eigenvalue weighted by Gasteiger charge is -2.50. The van der Waals surface area contributed by atoms with Crippen molar-refractivity contribution in [3.8, 4) is 0 Å². The molecule has 1 unspecified atom stereocenters. The number of rotatable bonds is 7. The third kappa shape index (κ3) is 3.63. The molecule has 2 aliphatic rings. The molecule has 2 aliphatic heterocycles. The van der Waals surface area contributed by atoms with Crippen LogP contribution in [0.25, 0.3) is 0 Å². The Bertz CT molecular complexity index is 580. The number of carbonyl (C=O) groups is 1. The molecule has 1 aromatic heterocycles. The molecular formula is C17H28N4O3. The minimum atomic E-state index is -0.0488. The summed E-state index contributed by atoms with van der Waals surface area (Å²) in [4.78, 5) is 13.9. The summed E-state index contributed by atoms with van der Waals surface area (Å²) in [7, 11) is 3.53. The molecule has 0 radical (unpaired) electrons. The van der Waals surface area contributed by atoms with Gasteiger partial charge in [0.25, 0.3) is 0 Å². The lowest BCUT2D eigenvalue weighted by atomic mass is 9.79. The lowest BCUT2D eigenvalue weighted by molar-refractivity contribution is -0.138. The van der Waals surface area contributed by atoms with Gasteiger partial charge < -0.3 is 14.8 Å². The van der Waals surface area contributed by atoms with Gasteiger partial charge in [0.05, 0.1) is 17.0 Å². The standard InChI is InChI=1S/C17H28N4O3/c1-13-8-15(20(2)19-13)9-21-11-17(12-21)14(5-7-24-17)4-6-18-16(22)10-23-3/h8,14H,4-7,9-12H2,1-3H3,(H,18,22). The number of hydrogen-bond donors (Lipinski definition) is 1. The van der Waals surface area contributed by atoms with Crippen LogP contribution in [-0.4, -0.2) is 66.1 Å². The van der Waals surface area contributed by atoms with Crippen LogP contribution >= 0.6 is 0 Å². The lowest BCUT2D eigenvalue weighted by Crippen LogP contribution is -2.64. The first kappa shape index (κ1) is 17.4. The van der Waals surface area contributed by atoms with Crippen LogP contribution in [0.4, 0.5) is 0 Å². The van der Waals surface area contributed by atoms with E-state index in [9.17, 15) is 4.79 Å². The zero-order chi connectivity index (χ0) is 17.2. The van der Waals surface area contributed by atoms with E-state index in [1.54, 1.807) is 0 Å². The molecule has 1 amide bonds. The third-order valence-electron chi connectivity index (χ3n) is 5.16. The van der Waals surface area contributed by atoms with Crippen molar-refractivity contribution >= 4 is 5.91 Å². The van der Waals surface area contributed by atoms with Gasteiger partial charge in [-0.2, -0.15) is 5.10 Å². The van der Waals surface area contributed by atoms with E-state index in [4.69, 9.17) is 9.47 Å². The van der Waals surface area contributed by atoms with E-state index in [-0.39, 0.29) is 18.1 Å². The molecule has 24 heavy (non-hydrogen) atoms. The zero-order valence-electron chi connectivity index (χ0n) is 14.9. The second-order valence-corrected chi connectivity index (χ2v) is 7.02. The van der Waals surface area contributed by atoms with Crippen molar-refractivity contribution in [3.63, 3.8) is 0 Å². The summed E-state index contributed by atoms with van der Waals surface area (Å²) < 4.78 is 12.9. The molecule has 0 aliphatic carbocycles. The number of carbonyl (C=O) groups excluding carboxylic acids is 1. The number of aryl methyl sites for hydroxylation is 2. The van der Waals surface area contributed by atoms with Crippen molar-refractivity contribution in [2.75, 3.05) is 40.0 Å². The van der Waals surface area contributed by atoms with Crippen molar-refractivity contribution in [2.24, 2.45) is 13.0 Å². The Morgan fingerprint density at radius 1 is 1.54 bits per heavy atom. The van der Waals surface area contributed by atoms with Crippen LogP contribution in [0.3, 0.4) is 0 Å². The van der Waals surface area contributed by atoms with Gasteiger partial charge >= 0.3 is 0 Å². The van der Waals surface area contributed by atoms with Crippen LogP contribution in [0.15, 0.2) is 6.07 Å². The Balaban J connectivity index is 1.46. The molecular weight excluding hydrogens is 308 g/mol. The molecule has 134 valence electrons. The highest BCUT2D eigenvalue weighted by Gasteiger charge is 2.52. The van der Waals surface area contributed by atoms with Gasteiger partial charge in [0.15, 0.2) is 0 Å². The Morgan fingerprint density at radius 2 is 2.33 bits per heavy atom. The van der Waals surface area contributed by atoms with E-state index in [2.05, 4.69) is 21.4 Å². The Kier molecular flexibility index (Phi) is 5.22. The maximum Gasteiger partial charge on any atom is 0.245 e. The molecule has 3 rings (SSSR count). The second-order valence-electron chi connectivity index (χ2n) is 7.02. The average Bonchev–Trinajstić information content (AvgIpc) is 3.03. The Hall–Kier alpha value is -1.44. The van der Waals surface area contributed by atoms with Crippen LogP contribution < -0.4 is 5.32 Å². The fraction of sp³-hybridized carbons (Fsp3) is 0.765. The van der Waals surface area contributed by atoms with Crippen molar-refractivity contribution in [1.82, 2.24) is 20.0 Å². The number of aromatic nitrogens is 2. The largest absolute Gasteiger partial charge is 0.375 e. The summed E-state index contributed by atoms with van der Waals surface area (Å²) in [5.41, 5.74) is 2.29. The molecule has 1 aromatic rings. The molecule has 0 saturated carbocycles. The van der Waals surface area contributed by atoms with Crippen LogP contribution in [0.1, 0.15) is 24.2 Å². The van der Waals surface area contributed by atoms with Gasteiger partial charge in [0, 0.05) is 46.9 Å². The van der Waals surface area contributed by atoms with Gasteiger partial charge in [0.1, 0.15) is 6.61 Å². The van der Waals surface area contributed by atoms with Crippen LogP contribution in [0, 0.1) is 12.8 Å². The summed E-state index contributed by atoms with van der Waals surface area (Å²) in [6.45, 7) is 6.52. The van der Waals surface area contributed by atoms with E-state index in [0.29, 0.717) is 12.5 Å². The Labute approximate surface area is 143 Å². The normalized spacial score (nSPS) is 22.7. The predicted molar refractivity (Wildman–Crippen MR) is 89.5 cm³/mol. The molecule has 7 nitrogen and oxygen atoms in total. The number of ether oxygens (including phenoxy) is 2. The fourth-order valence-corrected chi connectivity index (χ4v) is 3.97. The summed E-state index contributed by atoms with van der Waals surface area (Å²) in [5, 5.41) is 7.32. The summed E-state index contributed by atoms with van der Waals surface area (Å²) in [5.74, 6) is 0.470. The topological polar surface area (TPSA) is 68.6 Å². The molecule has 0 aromatic carbocycles. The van der Waals surface area contributed by atoms with Gasteiger partial charge in [-0.1, -0.05) is 0 Å². The molecule has 2 fully saturated rings. The number of hydrogen-bond acceptors (Lipinski definition) is 5. The van der Waals surface area contributed by atoms with Crippen molar-refractivity contribution in [2.45, 2.75) is 31.9 Å². The van der Waals surface area contributed by atoms with Gasteiger partial charge in [0.2, 0.25) is 5.91 Å². The van der Waals surface area contributed by atoms with E-state index >= 15 is 0 Å². The smallest absolute Gasteiger partial charge is 0.245 e. The molecule has 1 spiro atoms. The van der Waals surface area contributed by atoms with E-state index in [0.717, 1.165) is 44.8 Å². The summed E-state index contributed by atoms with van der Waals surface area (Å²) in [6.07, 6.45) is 2.05. The monoisotopic (exact) mass is 336 g/mol. The highest BCUT2D eigenvalue weighted by atomic mass is 16.5. The van der Waals surface area contributed by atoms with Crippen LogP contribution in [0.5, 0.6) is 0 Å². The van der Waals surface area contributed by atoms with Gasteiger partial charge in [-0.25, -0.2) is 0 Å². The number of nitrogens with one attached hydrogen (secondary N) is 1. The molecule has 1 N–H and O–H groups in total. The average molecular weight is 336 g/mol. The van der Waals surface area contributed by atoms with E-state index in [1.165, 1.54) is 12.8 Å². The number of likely N-dealkylation sites (tertiary alicyclic amines) is 1. The van der Waals surface area contributed by atoms with Crippen LogP contribution in [0.2, 0.25) is 0 Å². The highest BCUT2D eigenvalue weighted by molar-refractivity contribution is 5.77. The van der Waals surface area contributed by atoms with E-state index in [1.807, 2.05) is 18.7 Å². The SMILES string of the molecule is COCC(=O)NCCC1CCOC12CN(Cc1cc(C)nn1C)C2. The van der Waals surface area contributed by atoms with Gasteiger partial charge in [-0.3, -0.25) is 14.4 Å². The van der Waals surface area contributed by atoms with E-state index < -0.39 is 0 Å². The first-order valence-corrected chi connectivity index (χ1v) is 8.64. The van der Waals surface area contributed by atoms with Crippen molar-refractivity contribution in [3.05, 3.63) is 17.5 Å². The minimum Gasteiger partial charge on any atom is -0.375 e. The first-order valence-electron chi connectivity index (χ1n) is 8.64. The molecule has 7 heteroatoms. The van der Waals surface area contributed by atoms with Gasteiger partial charge in [-0.15, -0.1) is 0 Å². The first-order chi connectivity index (χ1) is 11.5.